The maximum absolute atomic E-state index is 13.7. The number of nitrogens with two attached hydrogens (primary N) is 1. The first kappa shape index (κ1) is 14.9. The fourth-order valence-electron chi connectivity index (χ4n) is 2.44. The maximum Gasteiger partial charge on any atom is 0.167 e. The summed E-state index contributed by atoms with van der Waals surface area (Å²) in [5.74, 6) is -0.274. The molecule has 5 nitrogen and oxygen atoms in total. The van der Waals surface area contributed by atoms with E-state index >= 15 is 0 Å². The molecule has 0 spiro atoms. The van der Waals surface area contributed by atoms with E-state index in [0.29, 0.717) is 31.1 Å². The summed E-state index contributed by atoms with van der Waals surface area (Å²) >= 11 is 0. The van der Waals surface area contributed by atoms with Crippen molar-refractivity contribution in [3.63, 3.8) is 0 Å². The summed E-state index contributed by atoms with van der Waals surface area (Å²) in [6, 6.07) is 2.88. The van der Waals surface area contributed by atoms with Gasteiger partial charge in [-0.05, 0) is 13.8 Å². The molecular weight excluding hydrogens is 263 g/mol. The summed E-state index contributed by atoms with van der Waals surface area (Å²) in [7, 11) is 0. The number of rotatable bonds is 4. The van der Waals surface area contributed by atoms with Gasteiger partial charge in [-0.25, -0.2) is 4.39 Å². The van der Waals surface area contributed by atoms with E-state index in [4.69, 9.17) is 15.2 Å². The largest absolute Gasteiger partial charge is 0.491 e. The van der Waals surface area contributed by atoms with Crippen molar-refractivity contribution in [2.24, 2.45) is 0 Å². The minimum absolute atomic E-state index is 0.0269. The molecule has 6 heteroatoms. The number of halogens is 1. The Balaban J connectivity index is 2.28. The molecule has 1 fully saturated rings. The normalized spacial score (nSPS) is 22.9. The van der Waals surface area contributed by atoms with Gasteiger partial charge in [0.25, 0.3) is 0 Å². The van der Waals surface area contributed by atoms with Crippen LogP contribution in [0.25, 0.3) is 0 Å². The smallest absolute Gasteiger partial charge is 0.167 e. The number of nitrogen functional groups attached to an aromatic ring is 1. The van der Waals surface area contributed by atoms with Gasteiger partial charge in [-0.15, -0.1) is 0 Å². The molecule has 0 aliphatic carbocycles. The number of ether oxygens (including phenoxy) is 2. The van der Waals surface area contributed by atoms with Crippen LogP contribution in [-0.2, 0) is 4.74 Å². The summed E-state index contributed by atoms with van der Waals surface area (Å²) in [5, 5.41) is 9.26. The number of aliphatic hydroxyl groups is 1. The van der Waals surface area contributed by atoms with E-state index in [1.54, 1.807) is 13.0 Å². The van der Waals surface area contributed by atoms with Crippen LogP contribution in [-0.4, -0.2) is 43.6 Å². The van der Waals surface area contributed by atoms with Gasteiger partial charge in [0.15, 0.2) is 11.6 Å². The first-order chi connectivity index (χ1) is 9.55. The molecule has 3 N–H and O–H groups in total. The minimum Gasteiger partial charge on any atom is -0.491 e. The highest BCUT2D eigenvalue weighted by molar-refractivity contribution is 5.70. The third-order valence-electron chi connectivity index (χ3n) is 3.25. The lowest BCUT2D eigenvalue weighted by molar-refractivity contribution is -0.0420. The van der Waals surface area contributed by atoms with Gasteiger partial charge < -0.3 is 25.2 Å². The zero-order chi connectivity index (χ0) is 14.7. The van der Waals surface area contributed by atoms with Gasteiger partial charge in [0.2, 0.25) is 0 Å². The van der Waals surface area contributed by atoms with Gasteiger partial charge in [0, 0.05) is 25.2 Å². The maximum atomic E-state index is 13.7. The highest BCUT2D eigenvalue weighted by Gasteiger charge is 2.26. The molecule has 112 valence electrons. The molecule has 2 unspecified atom stereocenters. The summed E-state index contributed by atoms with van der Waals surface area (Å²) < 4.78 is 24.6. The van der Waals surface area contributed by atoms with Gasteiger partial charge in [-0.1, -0.05) is 0 Å². The average Bonchev–Trinajstić information content (AvgIpc) is 2.41. The van der Waals surface area contributed by atoms with Crippen LogP contribution in [0.15, 0.2) is 12.1 Å². The Morgan fingerprint density at radius 3 is 2.90 bits per heavy atom. The van der Waals surface area contributed by atoms with Gasteiger partial charge >= 0.3 is 0 Å². The van der Waals surface area contributed by atoms with E-state index in [1.165, 1.54) is 6.07 Å². The van der Waals surface area contributed by atoms with Gasteiger partial charge in [-0.2, -0.15) is 0 Å². The molecule has 1 saturated heterocycles. The van der Waals surface area contributed by atoms with Crippen LogP contribution >= 0.6 is 0 Å². The average molecular weight is 284 g/mol. The van der Waals surface area contributed by atoms with Crippen LogP contribution in [0.5, 0.6) is 5.75 Å². The summed E-state index contributed by atoms with van der Waals surface area (Å²) in [5.41, 5.74) is 6.98. The second-order valence-electron chi connectivity index (χ2n) is 4.93. The zero-order valence-corrected chi connectivity index (χ0v) is 11.8. The lowest BCUT2D eigenvalue weighted by Gasteiger charge is -2.38. The van der Waals surface area contributed by atoms with Crippen LogP contribution in [0.4, 0.5) is 15.8 Å². The minimum atomic E-state index is -0.465. The molecule has 1 aliphatic rings. The molecule has 1 aromatic rings. The van der Waals surface area contributed by atoms with E-state index < -0.39 is 5.82 Å². The summed E-state index contributed by atoms with van der Waals surface area (Å²) in [4.78, 5) is 1.99. The fourth-order valence-corrected chi connectivity index (χ4v) is 2.44. The van der Waals surface area contributed by atoms with Crippen molar-refractivity contribution in [3.05, 3.63) is 17.9 Å². The first-order valence-electron chi connectivity index (χ1n) is 6.78. The molecule has 0 aromatic heterocycles. The number of hydrogen-bond donors (Lipinski definition) is 2. The Hall–Kier alpha value is -1.53. The van der Waals surface area contributed by atoms with Gasteiger partial charge in [-0.3, -0.25) is 0 Å². The number of hydrogen-bond acceptors (Lipinski definition) is 5. The molecule has 0 saturated carbocycles. The fraction of sp³-hybridized carbons (Fsp3) is 0.571. The lowest BCUT2D eigenvalue weighted by atomic mass is 10.1. The quantitative estimate of drug-likeness (QED) is 0.818. The van der Waals surface area contributed by atoms with Crippen LogP contribution in [0.3, 0.4) is 0 Å². The molecule has 0 bridgehead atoms. The SMILES string of the molecule is CCOc1cc(N2CC(C)OC(CO)C2)c(N)cc1F. The van der Waals surface area contributed by atoms with Crippen molar-refractivity contribution in [3.8, 4) is 5.75 Å². The predicted molar refractivity (Wildman–Crippen MR) is 75.6 cm³/mol. The van der Waals surface area contributed by atoms with E-state index in [9.17, 15) is 9.50 Å². The van der Waals surface area contributed by atoms with Crippen LogP contribution in [0.1, 0.15) is 13.8 Å². The number of benzene rings is 1. The van der Waals surface area contributed by atoms with Crippen molar-refractivity contribution in [2.75, 3.05) is 36.9 Å². The zero-order valence-electron chi connectivity index (χ0n) is 11.8. The molecular formula is C14H21FN2O3. The molecule has 2 atom stereocenters. The van der Waals surface area contributed by atoms with Crippen LogP contribution in [0, 0.1) is 5.82 Å². The van der Waals surface area contributed by atoms with E-state index in [2.05, 4.69) is 0 Å². The second kappa shape index (κ2) is 6.28. The molecule has 2 rings (SSSR count). The Kier molecular flexibility index (Phi) is 4.67. The molecule has 20 heavy (non-hydrogen) atoms. The van der Waals surface area contributed by atoms with Crippen molar-refractivity contribution in [1.82, 2.24) is 0 Å². The molecule has 0 radical (unpaired) electrons. The van der Waals surface area contributed by atoms with E-state index in [0.717, 1.165) is 0 Å². The number of anilines is 2. The lowest BCUT2D eigenvalue weighted by Crippen LogP contribution is -2.48. The summed E-state index contributed by atoms with van der Waals surface area (Å²) in [6.45, 7) is 5.21. The van der Waals surface area contributed by atoms with E-state index in [-0.39, 0.29) is 24.6 Å². The Morgan fingerprint density at radius 2 is 2.25 bits per heavy atom. The van der Waals surface area contributed by atoms with E-state index in [1.807, 2.05) is 11.8 Å². The van der Waals surface area contributed by atoms with Crippen molar-refractivity contribution in [1.29, 1.82) is 0 Å². The predicted octanol–water partition coefficient (Wildman–Crippen LogP) is 1.39. The molecule has 0 amide bonds. The Labute approximate surface area is 118 Å². The molecule has 1 aliphatic heterocycles. The standard InChI is InChI=1S/C14H21FN2O3/c1-3-19-14-5-13(12(16)4-11(14)15)17-6-9(2)20-10(7-17)8-18/h4-5,9-10,18H,3,6-8,16H2,1-2H3. The second-order valence-corrected chi connectivity index (χ2v) is 4.93. The van der Waals surface area contributed by atoms with Crippen molar-refractivity contribution >= 4 is 11.4 Å². The highest BCUT2D eigenvalue weighted by Crippen LogP contribution is 2.32. The van der Waals surface area contributed by atoms with Crippen LogP contribution < -0.4 is 15.4 Å². The van der Waals surface area contributed by atoms with Gasteiger partial charge in [0.1, 0.15) is 0 Å². The van der Waals surface area contributed by atoms with Crippen molar-refractivity contribution in [2.45, 2.75) is 26.1 Å². The Bertz CT molecular complexity index is 470. The summed E-state index contributed by atoms with van der Waals surface area (Å²) in [6.07, 6.45) is -0.292. The van der Waals surface area contributed by atoms with Crippen LogP contribution in [0.2, 0.25) is 0 Å². The monoisotopic (exact) mass is 284 g/mol. The number of aliphatic hydroxyl groups excluding tert-OH is 1. The highest BCUT2D eigenvalue weighted by atomic mass is 19.1. The van der Waals surface area contributed by atoms with Crippen molar-refractivity contribution < 1.29 is 19.0 Å². The third kappa shape index (κ3) is 3.13. The Morgan fingerprint density at radius 1 is 1.50 bits per heavy atom. The third-order valence-corrected chi connectivity index (χ3v) is 3.25. The number of nitrogens with zero attached hydrogens (tertiary/aromatic N) is 1. The molecule has 1 heterocycles. The molecule has 1 aromatic carbocycles. The number of morpholine rings is 1. The first-order valence-corrected chi connectivity index (χ1v) is 6.78. The topological polar surface area (TPSA) is 68.0 Å². The van der Waals surface area contributed by atoms with Gasteiger partial charge in [0.05, 0.1) is 36.8 Å².